The number of para-hydroxylation sites is 1. The van der Waals surface area contributed by atoms with E-state index in [0.29, 0.717) is 5.69 Å². The third-order valence-corrected chi connectivity index (χ3v) is 3.46. The van der Waals surface area contributed by atoms with Crippen molar-refractivity contribution in [2.24, 2.45) is 0 Å². The molecule has 0 amide bonds. The van der Waals surface area contributed by atoms with E-state index < -0.39 is 5.54 Å². The zero-order chi connectivity index (χ0) is 10.3. The molecule has 1 aromatic rings. The molecule has 4 heteroatoms. The van der Waals surface area contributed by atoms with Gasteiger partial charge in [-0.1, -0.05) is 6.07 Å². The summed E-state index contributed by atoms with van der Waals surface area (Å²) in [7, 11) is 0. The van der Waals surface area contributed by atoms with Crippen LogP contribution >= 0.6 is 11.8 Å². The third kappa shape index (κ3) is 1.35. The Morgan fingerprint density at radius 1 is 1.43 bits per heavy atom. The summed E-state index contributed by atoms with van der Waals surface area (Å²) in [6, 6.07) is 5.59. The maximum absolute atomic E-state index is 11.6. The van der Waals surface area contributed by atoms with E-state index in [0.717, 1.165) is 10.6 Å². The average Bonchev–Trinajstić information content (AvgIpc) is 2.09. The first kappa shape index (κ1) is 9.40. The molecular formula is C10H12N2OS. The second-order valence-corrected chi connectivity index (χ2v) is 4.87. The zero-order valence-corrected chi connectivity index (χ0v) is 8.94. The number of nitrogen functional groups attached to an aromatic ring is 1. The molecule has 0 fully saturated rings. The molecule has 1 aliphatic rings. The minimum atomic E-state index is -0.535. The van der Waals surface area contributed by atoms with Crippen molar-refractivity contribution in [1.82, 2.24) is 0 Å². The van der Waals surface area contributed by atoms with E-state index in [9.17, 15) is 4.79 Å². The summed E-state index contributed by atoms with van der Waals surface area (Å²) in [4.78, 5) is 12.6. The number of nitrogens with one attached hydrogen (secondary N) is 1. The standard InChI is InChI=1S/C10H12N2OS/c1-10(2)9(13)14-7-5-3-4-6(11)8(7)12-10/h3-5,12H,11H2,1-2H3. The number of fused-ring (bicyclic) bond motifs is 1. The van der Waals surface area contributed by atoms with Crippen molar-refractivity contribution in [2.45, 2.75) is 24.3 Å². The lowest BCUT2D eigenvalue weighted by Crippen LogP contribution is -2.41. The lowest BCUT2D eigenvalue weighted by Gasteiger charge is -2.32. The molecule has 2 rings (SSSR count). The van der Waals surface area contributed by atoms with Gasteiger partial charge in [0, 0.05) is 4.90 Å². The maximum atomic E-state index is 11.6. The summed E-state index contributed by atoms with van der Waals surface area (Å²) in [6.07, 6.45) is 0. The summed E-state index contributed by atoms with van der Waals surface area (Å²) < 4.78 is 0. The van der Waals surface area contributed by atoms with Gasteiger partial charge in [0.25, 0.3) is 0 Å². The predicted octanol–water partition coefficient (Wildman–Crippen LogP) is 2.09. The highest BCUT2D eigenvalue weighted by Crippen LogP contribution is 2.41. The van der Waals surface area contributed by atoms with Gasteiger partial charge < -0.3 is 11.1 Å². The number of rotatable bonds is 0. The van der Waals surface area contributed by atoms with Crippen molar-refractivity contribution in [3.8, 4) is 0 Å². The fraction of sp³-hybridized carbons (Fsp3) is 0.300. The molecule has 0 aromatic heterocycles. The highest BCUT2D eigenvalue weighted by atomic mass is 32.2. The Morgan fingerprint density at radius 3 is 2.86 bits per heavy atom. The van der Waals surface area contributed by atoms with Crippen LogP contribution in [0, 0.1) is 0 Å². The largest absolute Gasteiger partial charge is 0.397 e. The normalized spacial score (nSPS) is 18.6. The van der Waals surface area contributed by atoms with Gasteiger partial charge in [-0.3, -0.25) is 4.79 Å². The third-order valence-electron chi connectivity index (χ3n) is 2.21. The van der Waals surface area contributed by atoms with Crippen molar-refractivity contribution in [3.63, 3.8) is 0 Å². The Balaban J connectivity index is 2.51. The van der Waals surface area contributed by atoms with E-state index >= 15 is 0 Å². The average molecular weight is 208 g/mol. The zero-order valence-electron chi connectivity index (χ0n) is 8.13. The first-order valence-electron chi connectivity index (χ1n) is 4.40. The molecular weight excluding hydrogens is 196 g/mol. The lowest BCUT2D eigenvalue weighted by atomic mass is 10.1. The fourth-order valence-corrected chi connectivity index (χ4v) is 2.28. The summed E-state index contributed by atoms with van der Waals surface area (Å²) in [5.41, 5.74) is 6.85. The van der Waals surface area contributed by atoms with E-state index in [4.69, 9.17) is 5.73 Å². The molecule has 3 N–H and O–H groups in total. The number of nitrogens with two attached hydrogens (primary N) is 1. The van der Waals surface area contributed by atoms with Gasteiger partial charge in [-0.25, -0.2) is 0 Å². The van der Waals surface area contributed by atoms with E-state index in [1.54, 1.807) is 0 Å². The summed E-state index contributed by atoms with van der Waals surface area (Å²) >= 11 is 1.25. The number of carbonyl (C=O) groups is 1. The van der Waals surface area contributed by atoms with Crippen LogP contribution in [-0.4, -0.2) is 10.7 Å². The molecule has 0 unspecified atom stereocenters. The quantitative estimate of drug-likeness (QED) is 0.641. The SMILES string of the molecule is CC1(C)Nc2c(N)cccc2SC1=O. The van der Waals surface area contributed by atoms with E-state index in [1.165, 1.54) is 11.8 Å². The van der Waals surface area contributed by atoms with Gasteiger partial charge in [0.05, 0.1) is 11.4 Å². The molecule has 1 aliphatic heterocycles. The molecule has 0 saturated heterocycles. The molecule has 0 atom stereocenters. The summed E-state index contributed by atoms with van der Waals surface area (Å²) in [5, 5.41) is 3.28. The first-order chi connectivity index (χ1) is 6.50. The number of thioether (sulfide) groups is 1. The van der Waals surface area contributed by atoms with Gasteiger partial charge in [0.2, 0.25) is 5.12 Å². The molecule has 1 aromatic carbocycles. The van der Waals surface area contributed by atoms with Crippen LogP contribution in [0.15, 0.2) is 23.1 Å². The van der Waals surface area contributed by atoms with E-state index in [1.807, 2.05) is 32.0 Å². The van der Waals surface area contributed by atoms with Crippen LogP contribution in [0.5, 0.6) is 0 Å². The Morgan fingerprint density at radius 2 is 2.14 bits per heavy atom. The van der Waals surface area contributed by atoms with Crippen LogP contribution < -0.4 is 11.1 Å². The van der Waals surface area contributed by atoms with Crippen LogP contribution in [0.25, 0.3) is 0 Å². The Bertz CT molecular complexity index is 401. The Hall–Kier alpha value is -1.16. The highest BCUT2D eigenvalue weighted by molar-refractivity contribution is 8.14. The number of carbonyl (C=O) groups excluding carboxylic acids is 1. The minimum Gasteiger partial charge on any atom is -0.397 e. The molecule has 0 spiro atoms. The molecule has 0 radical (unpaired) electrons. The van der Waals surface area contributed by atoms with Gasteiger partial charge in [-0.15, -0.1) is 0 Å². The molecule has 3 nitrogen and oxygen atoms in total. The van der Waals surface area contributed by atoms with Crippen molar-refractivity contribution in [2.75, 3.05) is 11.1 Å². The predicted molar refractivity (Wildman–Crippen MR) is 59.4 cm³/mol. The van der Waals surface area contributed by atoms with Crippen molar-refractivity contribution in [3.05, 3.63) is 18.2 Å². The lowest BCUT2D eigenvalue weighted by molar-refractivity contribution is -0.114. The van der Waals surface area contributed by atoms with Gasteiger partial charge in [-0.2, -0.15) is 0 Å². The van der Waals surface area contributed by atoms with E-state index in [2.05, 4.69) is 5.32 Å². The van der Waals surface area contributed by atoms with Gasteiger partial charge in [0.1, 0.15) is 5.54 Å². The second-order valence-electron chi connectivity index (χ2n) is 3.86. The smallest absolute Gasteiger partial charge is 0.218 e. The maximum Gasteiger partial charge on any atom is 0.218 e. The number of benzene rings is 1. The first-order valence-corrected chi connectivity index (χ1v) is 5.21. The van der Waals surface area contributed by atoms with Crippen LogP contribution in [-0.2, 0) is 4.79 Å². The van der Waals surface area contributed by atoms with Crippen molar-refractivity contribution in [1.29, 1.82) is 0 Å². The van der Waals surface area contributed by atoms with Crippen molar-refractivity contribution < 1.29 is 4.79 Å². The van der Waals surface area contributed by atoms with Crippen LogP contribution in [0.1, 0.15) is 13.8 Å². The fourth-order valence-electron chi connectivity index (χ4n) is 1.36. The number of hydrogen-bond donors (Lipinski definition) is 2. The molecule has 74 valence electrons. The monoisotopic (exact) mass is 208 g/mol. The van der Waals surface area contributed by atoms with Gasteiger partial charge in [0.15, 0.2) is 0 Å². The van der Waals surface area contributed by atoms with Crippen LogP contribution in [0.2, 0.25) is 0 Å². The number of hydrogen-bond acceptors (Lipinski definition) is 4. The molecule has 0 aliphatic carbocycles. The molecule has 0 saturated carbocycles. The van der Waals surface area contributed by atoms with Crippen molar-refractivity contribution >= 4 is 28.3 Å². The summed E-state index contributed by atoms with van der Waals surface area (Å²) in [5.74, 6) is 0. The minimum absolute atomic E-state index is 0.121. The Kier molecular flexibility index (Phi) is 1.96. The van der Waals surface area contributed by atoms with Crippen LogP contribution in [0.3, 0.4) is 0 Å². The number of anilines is 2. The van der Waals surface area contributed by atoms with Gasteiger partial charge in [-0.05, 0) is 37.7 Å². The topological polar surface area (TPSA) is 55.1 Å². The molecule has 1 heterocycles. The second kappa shape index (κ2) is 2.92. The molecule has 0 bridgehead atoms. The highest BCUT2D eigenvalue weighted by Gasteiger charge is 2.34. The van der Waals surface area contributed by atoms with E-state index in [-0.39, 0.29) is 5.12 Å². The van der Waals surface area contributed by atoms with Gasteiger partial charge >= 0.3 is 0 Å². The Labute approximate surface area is 87.1 Å². The summed E-state index contributed by atoms with van der Waals surface area (Å²) in [6.45, 7) is 3.72. The molecule has 14 heavy (non-hydrogen) atoms. The van der Waals surface area contributed by atoms with Crippen LogP contribution in [0.4, 0.5) is 11.4 Å².